The summed E-state index contributed by atoms with van der Waals surface area (Å²) >= 11 is 0. The Morgan fingerprint density at radius 2 is 1.89 bits per heavy atom. The van der Waals surface area contributed by atoms with Crippen LogP contribution in [0.25, 0.3) is 5.78 Å². The predicted octanol–water partition coefficient (Wildman–Crippen LogP) is 3.74. The van der Waals surface area contributed by atoms with Crippen LogP contribution in [-0.2, 0) is 12.7 Å². The molecule has 0 atom stereocenters. The predicted molar refractivity (Wildman–Crippen MR) is 93.0 cm³/mol. The largest absolute Gasteiger partial charge is 0.453 e. The van der Waals surface area contributed by atoms with E-state index in [2.05, 4.69) is 21.1 Å². The minimum atomic E-state index is -4.64. The van der Waals surface area contributed by atoms with Crippen molar-refractivity contribution in [3.63, 3.8) is 0 Å². The zero-order chi connectivity index (χ0) is 19.6. The van der Waals surface area contributed by atoms with Crippen LogP contribution in [0.2, 0.25) is 0 Å². The van der Waals surface area contributed by atoms with E-state index in [0.717, 1.165) is 16.5 Å². The molecular formula is C18H17F3N6. The molecule has 0 spiro atoms. The number of hydrogen-bond donors (Lipinski definition) is 0. The zero-order valence-electron chi connectivity index (χ0n) is 14.8. The second-order valence-corrected chi connectivity index (χ2v) is 6.13. The first-order valence-electron chi connectivity index (χ1n) is 8.37. The highest BCUT2D eigenvalue weighted by atomic mass is 19.4. The molecule has 0 aliphatic rings. The standard InChI is InChI=1S/C18H17F3N6/c1-3-8-26(11-14-6-4-13(10-22)5-7-14)15-9-12(2)23-17-24-16(18(19,20)21)25-27(15)17/h4-7,9H,3,8,11H2,1-2H3. The monoisotopic (exact) mass is 374 g/mol. The molecule has 9 heteroatoms. The van der Waals surface area contributed by atoms with Crippen molar-refractivity contribution in [3.8, 4) is 6.07 Å². The first kappa shape index (κ1) is 18.6. The first-order valence-corrected chi connectivity index (χ1v) is 8.37. The summed E-state index contributed by atoms with van der Waals surface area (Å²) in [4.78, 5) is 9.53. The summed E-state index contributed by atoms with van der Waals surface area (Å²) in [5, 5.41) is 12.5. The molecule has 0 aliphatic heterocycles. The van der Waals surface area contributed by atoms with E-state index < -0.39 is 12.0 Å². The van der Waals surface area contributed by atoms with Gasteiger partial charge in [0.25, 0.3) is 11.6 Å². The van der Waals surface area contributed by atoms with E-state index in [1.165, 1.54) is 0 Å². The Kier molecular flexibility index (Phi) is 4.99. The second kappa shape index (κ2) is 7.23. The molecule has 0 amide bonds. The highest BCUT2D eigenvalue weighted by Gasteiger charge is 2.37. The Balaban J connectivity index is 2.04. The normalized spacial score (nSPS) is 11.6. The molecule has 0 saturated heterocycles. The van der Waals surface area contributed by atoms with Crippen LogP contribution in [0, 0.1) is 18.3 Å². The van der Waals surface area contributed by atoms with Crippen LogP contribution in [0.1, 0.15) is 36.0 Å². The number of alkyl halides is 3. The molecule has 6 nitrogen and oxygen atoms in total. The fraction of sp³-hybridized carbons (Fsp3) is 0.333. The molecule has 3 rings (SSSR count). The van der Waals surface area contributed by atoms with Crippen molar-refractivity contribution in [2.24, 2.45) is 0 Å². The van der Waals surface area contributed by atoms with Gasteiger partial charge in [0.1, 0.15) is 5.82 Å². The highest BCUT2D eigenvalue weighted by molar-refractivity contribution is 5.48. The van der Waals surface area contributed by atoms with Crippen LogP contribution >= 0.6 is 0 Å². The average molecular weight is 374 g/mol. The number of anilines is 1. The van der Waals surface area contributed by atoms with Gasteiger partial charge in [-0.05, 0) is 31.0 Å². The van der Waals surface area contributed by atoms with Gasteiger partial charge in [0.15, 0.2) is 0 Å². The lowest BCUT2D eigenvalue weighted by atomic mass is 10.1. The van der Waals surface area contributed by atoms with E-state index in [9.17, 15) is 13.2 Å². The molecule has 2 heterocycles. The van der Waals surface area contributed by atoms with Gasteiger partial charge in [0.05, 0.1) is 11.6 Å². The molecular weight excluding hydrogens is 357 g/mol. The summed E-state index contributed by atoms with van der Waals surface area (Å²) in [6, 6.07) is 10.8. The van der Waals surface area contributed by atoms with Crippen molar-refractivity contribution in [1.29, 1.82) is 5.26 Å². The Bertz CT molecular complexity index is 985. The zero-order valence-corrected chi connectivity index (χ0v) is 14.8. The lowest BCUT2D eigenvalue weighted by Crippen LogP contribution is -2.26. The van der Waals surface area contributed by atoms with E-state index in [-0.39, 0.29) is 5.78 Å². The third-order valence-electron chi connectivity index (χ3n) is 3.95. The number of nitrogens with zero attached hydrogens (tertiary/aromatic N) is 6. The number of aryl methyl sites for hydroxylation is 1. The van der Waals surface area contributed by atoms with Gasteiger partial charge in [-0.1, -0.05) is 19.1 Å². The van der Waals surface area contributed by atoms with E-state index in [1.807, 2.05) is 24.0 Å². The third-order valence-corrected chi connectivity index (χ3v) is 3.95. The molecule has 2 aromatic heterocycles. The minimum Gasteiger partial charge on any atom is -0.352 e. The molecule has 0 radical (unpaired) electrons. The molecule has 0 bridgehead atoms. The molecule has 27 heavy (non-hydrogen) atoms. The van der Waals surface area contributed by atoms with E-state index in [4.69, 9.17) is 5.26 Å². The quantitative estimate of drug-likeness (QED) is 0.680. The number of hydrogen-bond acceptors (Lipinski definition) is 5. The van der Waals surface area contributed by atoms with Crippen molar-refractivity contribution in [3.05, 3.63) is 53.0 Å². The SMILES string of the molecule is CCCN(Cc1ccc(C#N)cc1)c1cc(C)nc2nc(C(F)(F)F)nn12. The Morgan fingerprint density at radius 3 is 2.48 bits per heavy atom. The Hall–Kier alpha value is -3.15. The number of rotatable bonds is 5. The van der Waals surface area contributed by atoms with Crippen molar-refractivity contribution in [2.45, 2.75) is 33.0 Å². The van der Waals surface area contributed by atoms with Crippen LogP contribution in [0.4, 0.5) is 19.0 Å². The topological polar surface area (TPSA) is 70.1 Å². The third kappa shape index (κ3) is 4.00. The number of halogens is 3. The number of nitriles is 1. The molecule has 0 saturated carbocycles. The lowest BCUT2D eigenvalue weighted by Gasteiger charge is -2.25. The maximum absolute atomic E-state index is 13.0. The summed E-state index contributed by atoms with van der Waals surface area (Å²) in [6.45, 7) is 4.76. The van der Waals surface area contributed by atoms with Crippen LogP contribution in [0.3, 0.4) is 0 Å². The fourth-order valence-corrected chi connectivity index (χ4v) is 2.76. The summed E-state index contributed by atoms with van der Waals surface area (Å²) < 4.78 is 40.2. The molecule has 0 aliphatic carbocycles. The second-order valence-electron chi connectivity index (χ2n) is 6.13. The Labute approximate surface area is 153 Å². The summed E-state index contributed by atoms with van der Waals surface area (Å²) in [5.74, 6) is -0.804. The van der Waals surface area contributed by atoms with E-state index in [0.29, 0.717) is 30.2 Å². The Morgan fingerprint density at radius 1 is 1.19 bits per heavy atom. The average Bonchev–Trinajstić information content (AvgIpc) is 3.05. The van der Waals surface area contributed by atoms with Crippen LogP contribution in [0.5, 0.6) is 0 Å². The maximum Gasteiger partial charge on any atom is 0.453 e. The van der Waals surface area contributed by atoms with Gasteiger partial charge >= 0.3 is 6.18 Å². The number of aromatic nitrogens is 4. The smallest absolute Gasteiger partial charge is 0.352 e. The van der Waals surface area contributed by atoms with Gasteiger partial charge in [0, 0.05) is 24.8 Å². The van der Waals surface area contributed by atoms with Crippen molar-refractivity contribution in [1.82, 2.24) is 19.6 Å². The molecule has 3 aromatic rings. The maximum atomic E-state index is 13.0. The molecule has 0 fully saturated rings. The molecule has 0 unspecified atom stereocenters. The molecule has 1 aromatic carbocycles. The van der Waals surface area contributed by atoms with Gasteiger partial charge < -0.3 is 4.90 Å². The van der Waals surface area contributed by atoms with Crippen molar-refractivity contribution >= 4 is 11.6 Å². The van der Waals surface area contributed by atoms with Gasteiger partial charge in [-0.2, -0.15) is 27.9 Å². The van der Waals surface area contributed by atoms with Gasteiger partial charge in [-0.15, -0.1) is 5.10 Å². The number of fused-ring (bicyclic) bond motifs is 1. The van der Waals surface area contributed by atoms with E-state index in [1.54, 1.807) is 25.1 Å². The van der Waals surface area contributed by atoms with Gasteiger partial charge in [-0.25, -0.2) is 4.98 Å². The van der Waals surface area contributed by atoms with Crippen LogP contribution < -0.4 is 4.90 Å². The van der Waals surface area contributed by atoms with Crippen molar-refractivity contribution < 1.29 is 13.2 Å². The fourth-order valence-electron chi connectivity index (χ4n) is 2.76. The van der Waals surface area contributed by atoms with E-state index >= 15 is 0 Å². The molecule has 140 valence electrons. The number of benzene rings is 1. The highest BCUT2D eigenvalue weighted by Crippen LogP contribution is 2.28. The lowest BCUT2D eigenvalue weighted by molar-refractivity contribution is -0.144. The van der Waals surface area contributed by atoms with Crippen LogP contribution in [-0.4, -0.2) is 26.1 Å². The van der Waals surface area contributed by atoms with Gasteiger partial charge in [-0.3, -0.25) is 0 Å². The summed E-state index contributed by atoms with van der Waals surface area (Å²) in [6.07, 6.45) is -3.85. The molecule has 0 N–H and O–H groups in total. The summed E-state index contributed by atoms with van der Waals surface area (Å²) in [7, 11) is 0. The first-order chi connectivity index (χ1) is 12.8. The van der Waals surface area contributed by atoms with Gasteiger partial charge in [0.2, 0.25) is 0 Å². The summed E-state index contributed by atoms with van der Waals surface area (Å²) in [5.41, 5.74) is 2.04. The van der Waals surface area contributed by atoms with Crippen molar-refractivity contribution in [2.75, 3.05) is 11.4 Å². The minimum absolute atomic E-state index is 0.0849. The van der Waals surface area contributed by atoms with Crippen LogP contribution in [0.15, 0.2) is 30.3 Å².